The quantitative estimate of drug-likeness (QED) is 0.372. The van der Waals surface area contributed by atoms with Crippen molar-refractivity contribution in [1.29, 1.82) is 0 Å². The van der Waals surface area contributed by atoms with Crippen molar-refractivity contribution in [2.75, 3.05) is 0 Å². The molecule has 0 bridgehead atoms. The van der Waals surface area contributed by atoms with Gasteiger partial charge in [-0.25, -0.2) is 0 Å². The van der Waals surface area contributed by atoms with E-state index in [1.807, 2.05) is 0 Å². The minimum absolute atomic E-state index is 0.442. The van der Waals surface area contributed by atoms with Crippen LogP contribution in [0.3, 0.4) is 0 Å². The molecule has 0 spiro atoms. The molecule has 1 atom stereocenters. The van der Waals surface area contributed by atoms with Crippen molar-refractivity contribution in [1.82, 2.24) is 0 Å². The lowest BCUT2D eigenvalue weighted by Crippen LogP contribution is -1.90. The van der Waals surface area contributed by atoms with E-state index >= 15 is 0 Å². The van der Waals surface area contributed by atoms with Gasteiger partial charge >= 0.3 is 0 Å². The molecule has 1 aliphatic rings. The normalized spacial score (nSPS) is 24.5. The average Bonchev–Trinajstić information content (AvgIpc) is 2.20. The Kier molecular flexibility index (Phi) is 2.40. The van der Waals surface area contributed by atoms with E-state index in [2.05, 4.69) is 25.1 Å². The van der Waals surface area contributed by atoms with Crippen molar-refractivity contribution >= 4 is 11.6 Å². The number of hydrogen-bond acceptors (Lipinski definition) is 0. The van der Waals surface area contributed by atoms with E-state index in [0.717, 1.165) is 6.42 Å². The minimum Gasteiger partial charge on any atom is -0.0780 e. The van der Waals surface area contributed by atoms with Crippen LogP contribution in [0.2, 0.25) is 0 Å². The molecule has 0 nitrogen and oxygen atoms in total. The van der Waals surface area contributed by atoms with Gasteiger partial charge in [0, 0.05) is 11.3 Å². The van der Waals surface area contributed by atoms with Gasteiger partial charge in [0.05, 0.1) is 0 Å². The summed E-state index contributed by atoms with van der Waals surface area (Å²) in [5.41, 5.74) is 2.91. The maximum atomic E-state index is 5.31. The molecule has 0 saturated carbocycles. The number of allylic oxidation sites excluding steroid dienone is 2. The Morgan fingerprint density at radius 1 is 1.50 bits per heavy atom. The summed E-state index contributed by atoms with van der Waals surface area (Å²) < 4.78 is 0. The third-order valence-corrected chi connectivity index (χ3v) is 2.34. The Bertz CT molecular complexity index is 215. The lowest BCUT2D eigenvalue weighted by atomic mass is 10.0. The summed E-state index contributed by atoms with van der Waals surface area (Å²) in [5, 5.41) is 2.45. The molecule has 0 aromatic heterocycles. The topological polar surface area (TPSA) is 0 Å². The summed E-state index contributed by atoms with van der Waals surface area (Å²) in [4.78, 5) is 0. The van der Waals surface area contributed by atoms with Crippen LogP contribution < -0.4 is 0 Å². The molecule has 1 aliphatic carbocycles. The van der Waals surface area contributed by atoms with Gasteiger partial charge in [-0.05, 0) is 38.3 Å². The van der Waals surface area contributed by atoms with E-state index in [-0.39, 0.29) is 0 Å². The zero-order chi connectivity index (χ0) is 7.56. The molecule has 0 N–H and O–H groups in total. The van der Waals surface area contributed by atoms with E-state index in [0.29, 0.717) is 5.92 Å². The number of rotatable bonds is 0. The van der Waals surface area contributed by atoms with E-state index < -0.39 is 0 Å². The third-order valence-electron chi connectivity index (χ3n) is 2.23. The molecule has 10 heavy (non-hydrogen) atoms. The zero-order valence-electron chi connectivity index (χ0n) is 6.37. The molecule has 1 rings (SSSR count). The van der Waals surface area contributed by atoms with Crippen LogP contribution in [0.25, 0.3) is 0 Å². The molecule has 0 aromatic rings. The first-order valence-corrected chi connectivity index (χ1v) is 3.91. The fourth-order valence-corrected chi connectivity index (χ4v) is 1.45. The van der Waals surface area contributed by atoms with Crippen LogP contribution in [0.1, 0.15) is 26.7 Å². The molecule has 0 radical (unpaired) electrons. The minimum atomic E-state index is 0.442. The smallest absolute Gasteiger partial charge is 0.0427 e. The van der Waals surface area contributed by atoms with Crippen LogP contribution in [0.4, 0.5) is 0 Å². The Labute approximate surface area is 67.3 Å². The highest BCUT2D eigenvalue weighted by Crippen LogP contribution is 2.30. The van der Waals surface area contributed by atoms with Crippen molar-refractivity contribution in [3.05, 3.63) is 11.1 Å². The molecule has 1 unspecified atom stereocenters. The van der Waals surface area contributed by atoms with Crippen LogP contribution in [0.5, 0.6) is 0 Å². The molecule has 54 valence electrons. The van der Waals surface area contributed by atoms with Crippen molar-refractivity contribution < 1.29 is 0 Å². The zero-order valence-corrected chi connectivity index (χ0v) is 7.13. The summed E-state index contributed by atoms with van der Waals surface area (Å²) in [6.45, 7) is 4.32. The van der Waals surface area contributed by atoms with Gasteiger partial charge in [-0.15, -0.1) is 0 Å². The highest BCUT2D eigenvalue weighted by molar-refractivity contribution is 6.30. The van der Waals surface area contributed by atoms with Crippen molar-refractivity contribution in [3.63, 3.8) is 0 Å². The second kappa shape index (κ2) is 3.12. The van der Waals surface area contributed by atoms with Gasteiger partial charge in [-0.3, -0.25) is 0 Å². The first kappa shape index (κ1) is 7.69. The van der Waals surface area contributed by atoms with Gasteiger partial charge in [-0.1, -0.05) is 17.1 Å². The molecular weight excluding hydrogens is 144 g/mol. The summed E-state index contributed by atoms with van der Waals surface area (Å²) >= 11 is 5.31. The van der Waals surface area contributed by atoms with Crippen molar-refractivity contribution in [2.45, 2.75) is 26.7 Å². The highest BCUT2D eigenvalue weighted by atomic mass is 35.5. The second-order valence-electron chi connectivity index (χ2n) is 2.79. The molecule has 0 aromatic carbocycles. The summed E-state index contributed by atoms with van der Waals surface area (Å²) in [6.07, 6.45) is 2.36. The lowest BCUT2D eigenvalue weighted by Gasteiger charge is -1.99. The Hall–Kier alpha value is -0.410. The van der Waals surface area contributed by atoms with E-state index in [1.54, 1.807) is 0 Å². The van der Waals surface area contributed by atoms with Gasteiger partial charge in [-0.2, -0.15) is 0 Å². The summed E-state index contributed by atoms with van der Waals surface area (Å²) in [5.74, 6) is 3.42. The van der Waals surface area contributed by atoms with Gasteiger partial charge in [0.1, 0.15) is 0 Å². The van der Waals surface area contributed by atoms with Crippen molar-refractivity contribution in [2.24, 2.45) is 5.92 Å². The lowest BCUT2D eigenvalue weighted by molar-refractivity contribution is 0.762. The predicted octanol–water partition coefficient (Wildman–Crippen LogP) is 2.93. The Morgan fingerprint density at radius 2 is 2.20 bits per heavy atom. The molecular formula is C9H11Cl. The monoisotopic (exact) mass is 154 g/mol. The van der Waals surface area contributed by atoms with E-state index in [1.165, 1.54) is 17.6 Å². The second-order valence-corrected chi connectivity index (χ2v) is 2.98. The molecule has 0 saturated heterocycles. The maximum absolute atomic E-state index is 5.31. The molecule has 0 amide bonds. The van der Waals surface area contributed by atoms with Crippen LogP contribution in [0.15, 0.2) is 11.1 Å². The Balaban J connectivity index is 2.74. The summed E-state index contributed by atoms with van der Waals surface area (Å²) in [7, 11) is 0. The molecule has 0 aliphatic heterocycles. The van der Waals surface area contributed by atoms with Crippen LogP contribution >= 0.6 is 11.6 Å². The van der Waals surface area contributed by atoms with E-state index in [9.17, 15) is 0 Å². The number of halogens is 1. The molecule has 1 heteroatoms. The SMILES string of the molecule is CC1=C(C)C(C#CCl)CC1. The fourth-order valence-electron chi connectivity index (χ4n) is 1.32. The Morgan fingerprint density at radius 3 is 2.60 bits per heavy atom. The van der Waals surface area contributed by atoms with Crippen LogP contribution in [-0.4, -0.2) is 0 Å². The highest BCUT2D eigenvalue weighted by Gasteiger charge is 2.16. The molecule has 0 heterocycles. The van der Waals surface area contributed by atoms with Crippen molar-refractivity contribution in [3.8, 4) is 11.3 Å². The van der Waals surface area contributed by atoms with Gasteiger partial charge in [0.15, 0.2) is 0 Å². The van der Waals surface area contributed by atoms with Crippen LogP contribution in [0, 0.1) is 17.2 Å². The van der Waals surface area contributed by atoms with Crippen LogP contribution in [-0.2, 0) is 0 Å². The maximum Gasteiger partial charge on any atom is 0.0427 e. The fraction of sp³-hybridized carbons (Fsp3) is 0.556. The standard InChI is InChI=1S/C9H11Cl/c1-7-3-4-9(5-6-10)8(7)2/h9H,3-4H2,1-2H3. The van der Waals surface area contributed by atoms with Gasteiger partial charge < -0.3 is 0 Å². The third kappa shape index (κ3) is 1.36. The first-order valence-electron chi connectivity index (χ1n) is 3.53. The number of hydrogen-bond donors (Lipinski definition) is 0. The van der Waals surface area contributed by atoms with Gasteiger partial charge in [0.2, 0.25) is 0 Å². The largest absolute Gasteiger partial charge is 0.0780 e. The average molecular weight is 155 g/mol. The first-order chi connectivity index (χ1) is 4.75. The molecule has 0 fully saturated rings. The summed E-state index contributed by atoms with van der Waals surface area (Å²) in [6, 6.07) is 0. The predicted molar refractivity (Wildman–Crippen MR) is 44.7 cm³/mol. The van der Waals surface area contributed by atoms with Gasteiger partial charge in [0.25, 0.3) is 0 Å². The van der Waals surface area contributed by atoms with E-state index in [4.69, 9.17) is 11.6 Å².